The summed E-state index contributed by atoms with van der Waals surface area (Å²) in [5.41, 5.74) is 0.826. The smallest absolute Gasteiger partial charge is 0.364 e. The Hall–Kier alpha value is -4.15. The normalized spacial score (nSPS) is 19.9. The molecule has 1 saturated heterocycles. The minimum Gasteiger partial charge on any atom is -0.481 e. The summed E-state index contributed by atoms with van der Waals surface area (Å²) < 4.78 is 1.03. The molecule has 0 bridgehead atoms. The molecule has 4 heterocycles. The maximum Gasteiger partial charge on any atom is 0.364 e. The minimum absolute atomic E-state index is 0.0299. The van der Waals surface area contributed by atoms with Crippen molar-refractivity contribution in [1.29, 1.82) is 0 Å². The SMILES string of the molecule is Cc1ccccc1C(O)C(=O)NC1C(=O)N2C(C(=O)O)=C(C(CCC(=O)O)Sc3ccc4n[nH]c(=O)n4n3)CS[C@@H]12. The number of rotatable bonds is 10. The van der Waals surface area contributed by atoms with Crippen LogP contribution in [0.2, 0.25) is 0 Å². The average molecular weight is 601 g/mol. The lowest BCUT2D eigenvalue weighted by atomic mass is 9.98. The van der Waals surface area contributed by atoms with Crippen molar-refractivity contribution in [2.24, 2.45) is 0 Å². The zero-order valence-corrected chi connectivity index (χ0v) is 23.0. The Morgan fingerprint density at radius 3 is 2.66 bits per heavy atom. The van der Waals surface area contributed by atoms with Gasteiger partial charge in [-0.1, -0.05) is 36.0 Å². The summed E-state index contributed by atoms with van der Waals surface area (Å²) in [7, 11) is 0. The number of nitrogens with zero attached hydrogens (tertiary/aromatic N) is 4. The molecule has 0 saturated carbocycles. The van der Waals surface area contributed by atoms with Crippen LogP contribution in [0.1, 0.15) is 30.1 Å². The first-order valence-electron chi connectivity index (χ1n) is 12.3. The number of nitrogens with one attached hydrogen (secondary N) is 2. The summed E-state index contributed by atoms with van der Waals surface area (Å²) >= 11 is 2.30. The van der Waals surface area contributed by atoms with Crippen molar-refractivity contribution in [2.45, 2.75) is 47.6 Å². The highest BCUT2D eigenvalue weighted by atomic mass is 32.2. The molecule has 2 aliphatic rings. The molecule has 4 atom stereocenters. The second-order valence-corrected chi connectivity index (χ2v) is 11.7. The largest absolute Gasteiger partial charge is 0.481 e. The lowest BCUT2D eigenvalue weighted by molar-refractivity contribution is -0.151. The molecule has 5 N–H and O–H groups in total. The van der Waals surface area contributed by atoms with Gasteiger partial charge < -0.3 is 20.6 Å². The van der Waals surface area contributed by atoms with Gasteiger partial charge in [-0.15, -0.1) is 11.8 Å². The predicted octanol–water partition coefficient (Wildman–Crippen LogP) is 0.524. The molecule has 3 aromatic rings. The number of H-pyrrole nitrogens is 1. The van der Waals surface area contributed by atoms with E-state index in [0.29, 0.717) is 21.7 Å². The summed E-state index contributed by atoms with van der Waals surface area (Å²) in [6.07, 6.45) is -1.76. The van der Waals surface area contributed by atoms with Gasteiger partial charge in [0.2, 0.25) is 0 Å². The van der Waals surface area contributed by atoms with Crippen molar-refractivity contribution in [3.8, 4) is 0 Å². The number of thioether (sulfide) groups is 2. The number of carbonyl (C=O) groups excluding carboxylic acids is 2. The molecule has 3 unspecified atom stereocenters. The summed E-state index contributed by atoms with van der Waals surface area (Å²) in [5.74, 6) is -3.77. The fourth-order valence-electron chi connectivity index (χ4n) is 4.71. The predicted molar refractivity (Wildman–Crippen MR) is 146 cm³/mol. The van der Waals surface area contributed by atoms with Gasteiger partial charge in [0, 0.05) is 17.4 Å². The topological polar surface area (TPSA) is 207 Å². The van der Waals surface area contributed by atoms with Crippen LogP contribution in [0, 0.1) is 6.92 Å². The van der Waals surface area contributed by atoms with Crippen LogP contribution in [0.3, 0.4) is 0 Å². The molecule has 1 fully saturated rings. The number of aliphatic carboxylic acids is 2. The van der Waals surface area contributed by atoms with Crippen LogP contribution >= 0.6 is 23.5 Å². The molecule has 16 heteroatoms. The number of carbonyl (C=O) groups is 4. The van der Waals surface area contributed by atoms with Crippen molar-refractivity contribution in [2.75, 3.05) is 5.75 Å². The Kier molecular flexibility index (Phi) is 7.88. The highest BCUT2D eigenvalue weighted by molar-refractivity contribution is 8.01. The standard InChI is InChI=1S/C25H24N6O8S2/c1-11-4-2-3-5-12(11)20(34)21(35)26-18-22(36)30-19(24(37)38)13(10-40-23(18)30)14(6-9-17(32)33)41-16-8-7-15-27-28-25(39)31(15)29-16/h2-5,7-8,14,18,20,23,34H,6,9-10H2,1H3,(H,26,35)(H,28,39)(H,32,33)(H,37,38)/t14?,18?,20?,23-/m0/s1. The monoisotopic (exact) mass is 600 g/mol. The third kappa shape index (κ3) is 5.45. The van der Waals surface area contributed by atoms with E-state index >= 15 is 0 Å². The van der Waals surface area contributed by atoms with E-state index in [4.69, 9.17) is 0 Å². The van der Waals surface area contributed by atoms with Crippen LogP contribution in [0.4, 0.5) is 0 Å². The van der Waals surface area contributed by atoms with E-state index in [1.165, 1.54) is 17.8 Å². The number of β-lactam (4-membered cyclic amide) rings is 1. The van der Waals surface area contributed by atoms with E-state index in [0.717, 1.165) is 21.2 Å². The number of aryl methyl sites for hydroxylation is 1. The fourth-order valence-corrected chi connectivity index (χ4v) is 7.38. The molecule has 1 aromatic carbocycles. The number of aromatic nitrogens is 4. The molecule has 2 amide bonds. The molecule has 0 aliphatic carbocycles. The van der Waals surface area contributed by atoms with Gasteiger partial charge in [-0.3, -0.25) is 19.3 Å². The molecule has 14 nitrogen and oxygen atoms in total. The third-order valence-corrected chi connectivity index (χ3v) is 9.32. The maximum atomic E-state index is 13.2. The lowest BCUT2D eigenvalue weighted by Gasteiger charge is -2.50. The summed E-state index contributed by atoms with van der Waals surface area (Å²) in [4.78, 5) is 62.9. The number of aliphatic hydroxyl groups excluding tert-OH is 1. The molecular weight excluding hydrogens is 576 g/mol. The van der Waals surface area contributed by atoms with Gasteiger partial charge in [0.15, 0.2) is 11.8 Å². The van der Waals surface area contributed by atoms with Gasteiger partial charge >= 0.3 is 17.6 Å². The van der Waals surface area contributed by atoms with Crippen LogP contribution in [-0.2, 0) is 19.2 Å². The molecule has 5 rings (SSSR count). The number of carboxylic acids is 2. The van der Waals surface area contributed by atoms with Crippen LogP contribution in [0.25, 0.3) is 5.65 Å². The fraction of sp³-hybridized carbons (Fsp3) is 0.320. The first-order valence-corrected chi connectivity index (χ1v) is 14.3. The van der Waals surface area contributed by atoms with Crippen molar-refractivity contribution >= 4 is 52.9 Å². The zero-order chi connectivity index (χ0) is 29.4. The summed E-state index contributed by atoms with van der Waals surface area (Å²) in [5, 5.41) is 41.8. The van der Waals surface area contributed by atoms with Crippen molar-refractivity contribution < 1.29 is 34.5 Å². The van der Waals surface area contributed by atoms with Crippen LogP contribution < -0.4 is 11.0 Å². The third-order valence-electron chi connectivity index (χ3n) is 6.75. The number of aliphatic hydroxyl groups is 1. The first kappa shape index (κ1) is 28.4. The highest BCUT2D eigenvalue weighted by Gasteiger charge is 2.55. The number of fused-ring (bicyclic) bond motifs is 2. The van der Waals surface area contributed by atoms with Crippen molar-refractivity contribution in [3.05, 3.63) is 69.3 Å². The van der Waals surface area contributed by atoms with Crippen molar-refractivity contribution in [1.82, 2.24) is 30.0 Å². The van der Waals surface area contributed by atoms with Crippen molar-refractivity contribution in [3.63, 3.8) is 0 Å². The Balaban J connectivity index is 1.40. The quantitative estimate of drug-likeness (QED) is 0.159. The van der Waals surface area contributed by atoms with Gasteiger partial charge in [-0.05, 0) is 42.2 Å². The lowest BCUT2D eigenvalue weighted by Crippen LogP contribution is -2.71. The summed E-state index contributed by atoms with van der Waals surface area (Å²) in [6, 6.07) is 8.85. The van der Waals surface area contributed by atoms with Crippen LogP contribution in [0.5, 0.6) is 0 Å². The van der Waals surface area contributed by atoms with Gasteiger partial charge in [-0.2, -0.15) is 14.7 Å². The van der Waals surface area contributed by atoms with Gasteiger partial charge in [0.05, 0.1) is 0 Å². The Bertz CT molecular complexity index is 1650. The molecular formula is C25H24N6O8S2. The van der Waals surface area contributed by atoms with E-state index in [1.54, 1.807) is 37.3 Å². The molecule has 0 spiro atoms. The van der Waals surface area contributed by atoms with E-state index in [2.05, 4.69) is 20.6 Å². The minimum atomic E-state index is -1.51. The number of hydrogen-bond donors (Lipinski definition) is 5. The number of aromatic amines is 1. The molecule has 214 valence electrons. The number of hydrogen-bond acceptors (Lipinski definition) is 10. The Morgan fingerprint density at radius 1 is 1.20 bits per heavy atom. The molecule has 2 aromatic heterocycles. The molecule has 2 aliphatic heterocycles. The van der Waals surface area contributed by atoms with Gasteiger partial charge in [0.1, 0.15) is 22.1 Å². The second-order valence-electron chi connectivity index (χ2n) is 9.34. The average Bonchev–Trinajstić information content (AvgIpc) is 3.32. The number of carboxylic acid groups (broad SMARTS) is 2. The molecule has 0 radical (unpaired) electrons. The Morgan fingerprint density at radius 2 is 1.95 bits per heavy atom. The first-order chi connectivity index (χ1) is 19.6. The van der Waals surface area contributed by atoms with Gasteiger partial charge in [0.25, 0.3) is 11.8 Å². The second kappa shape index (κ2) is 11.4. The summed E-state index contributed by atoms with van der Waals surface area (Å²) in [6.45, 7) is 1.74. The van der Waals surface area contributed by atoms with E-state index < -0.39 is 52.2 Å². The van der Waals surface area contributed by atoms with E-state index in [9.17, 15) is 39.3 Å². The van der Waals surface area contributed by atoms with Gasteiger partial charge in [-0.25, -0.2) is 14.7 Å². The van der Waals surface area contributed by atoms with E-state index in [1.807, 2.05) is 0 Å². The maximum absolute atomic E-state index is 13.2. The number of benzene rings is 1. The molecule has 41 heavy (non-hydrogen) atoms. The Labute approximate surface area is 239 Å². The van der Waals surface area contributed by atoms with E-state index in [-0.39, 0.29) is 29.9 Å². The van der Waals surface area contributed by atoms with Crippen LogP contribution in [0.15, 0.2) is 57.5 Å². The van der Waals surface area contributed by atoms with Crippen LogP contribution in [-0.4, -0.2) is 86.2 Å². The highest BCUT2D eigenvalue weighted by Crippen LogP contribution is 2.44. The zero-order valence-electron chi connectivity index (χ0n) is 21.4. The number of amides is 2.